The van der Waals surface area contributed by atoms with Crippen molar-refractivity contribution >= 4 is 52.7 Å². The van der Waals surface area contributed by atoms with Crippen molar-refractivity contribution < 1.29 is 33.7 Å². The van der Waals surface area contributed by atoms with E-state index in [-0.39, 0.29) is 29.5 Å². The van der Waals surface area contributed by atoms with E-state index in [0.29, 0.717) is 72.2 Å². The molecule has 58 heavy (non-hydrogen) atoms. The molecule has 4 aromatic rings. The van der Waals surface area contributed by atoms with Crippen molar-refractivity contribution in [3.05, 3.63) is 124 Å². The summed E-state index contributed by atoms with van der Waals surface area (Å²) in [7, 11) is 1.56. The Morgan fingerprint density at radius 3 is 1.84 bits per heavy atom. The van der Waals surface area contributed by atoms with Crippen LogP contribution in [0.3, 0.4) is 0 Å². The number of rotatable bonds is 14. The zero-order valence-electron chi connectivity index (χ0n) is 32.9. The summed E-state index contributed by atoms with van der Waals surface area (Å²) in [6.07, 6.45) is 14.0. The number of aryl methyl sites for hydroxylation is 2. The Kier molecular flexibility index (Phi) is 10.9. The summed E-state index contributed by atoms with van der Waals surface area (Å²) in [5, 5.41) is 9.24. The minimum absolute atomic E-state index is 0.129. The predicted octanol–water partition coefficient (Wildman–Crippen LogP) is 9.23. The molecule has 4 heterocycles. The summed E-state index contributed by atoms with van der Waals surface area (Å²) in [5.41, 5.74) is 8.43. The Morgan fingerprint density at radius 2 is 1.28 bits per heavy atom. The number of carboxylic acid groups (broad SMARTS) is 1. The lowest BCUT2D eigenvalue weighted by atomic mass is 9.99. The van der Waals surface area contributed by atoms with Crippen molar-refractivity contribution in [3.63, 3.8) is 0 Å². The number of carbonyl (C=O) groups excluding carboxylic acids is 2. The van der Waals surface area contributed by atoms with E-state index in [4.69, 9.17) is 19.2 Å². The summed E-state index contributed by atoms with van der Waals surface area (Å²) in [6.45, 7) is 4.80. The van der Waals surface area contributed by atoms with E-state index in [0.717, 1.165) is 34.3 Å². The molecule has 0 spiro atoms. The molecular formula is C47H46N4O7. The molecule has 4 aliphatic heterocycles. The number of unbranched alkanes of at least 4 members (excludes halogenated alkanes) is 2. The van der Waals surface area contributed by atoms with E-state index in [1.54, 1.807) is 65.6 Å². The molecule has 2 atom stereocenters. The number of hydrogen-bond donors (Lipinski definition) is 1. The number of hydrogen-bond acceptors (Lipinski definition) is 8. The van der Waals surface area contributed by atoms with Gasteiger partial charge in [0.05, 0.1) is 60.5 Å². The summed E-state index contributed by atoms with van der Waals surface area (Å²) in [4.78, 5) is 51.7. The number of aromatic carboxylic acids is 1. The standard InChI is InChI=1S/C47H46N4O7/c1-4-5-6-8-30-9-11-31(12-10-30)34-20-37-26-49-41-24-44(43(56-3)22-39(41)46(53)51(37)27-34)58-18-7-17-57-42-23-40-38(19-29(42)2)45(52)50-28-35(21-36(50)25-48-40)32-13-15-33(16-14-32)47(54)55/h9-16,19,22-28,36-37H,4-8,17-18,20-21H2,1-3H3,(H,54,55)/t36-,37-/m0/s1. The summed E-state index contributed by atoms with van der Waals surface area (Å²) in [5.74, 6) is 0.312. The summed E-state index contributed by atoms with van der Waals surface area (Å²) >= 11 is 0. The van der Waals surface area contributed by atoms with E-state index in [9.17, 15) is 19.5 Å². The maximum Gasteiger partial charge on any atom is 0.335 e. The highest BCUT2D eigenvalue weighted by Gasteiger charge is 2.35. The Morgan fingerprint density at radius 1 is 0.724 bits per heavy atom. The Labute approximate surface area is 338 Å². The number of benzene rings is 4. The van der Waals surface area contributed by atoms with Crippen LogP contribution in [0.4, 0.5) is 11.4 Å². The predicted molar refractivity (Wildman–Crippen MR) is 224 cm³/mol. The maximum absolute atomic E-state index is 13.8. The number of carboxylic acids is 1. The van der Waals surface area contributed by atoms with Crippen LogP contribution in [0.5, 0.6) is 17.2 Å². The van der Waals surface area contributed by atoms with Gasteiger partial charge in [-0.25, -0.2) is 4.79 Å². The fraction of sp³-hybridized carbons (Fsp3) is 0.298. The SMILES string of the molecule is CCCCCc1ccc(C2=CN3C(=O)c4cc(OC)c(OCCCOc5cc6c(cc5C)C(=O)N5C=C(c7ccc(C(=O)O)cc7)C[C@H]5C=N6)cc4N=C[C@@H]3C2)cc1. The highest BCUT2D eigenvalue weighted by atomic mass is 16.5. The lowest BCUT2D eigenvalue weighted by Crippen LogP contribution is -2.32. The highest BCUT2D eigenvalue weighted by molar-refractivity contribution is 6.06. The van der Waals surface area contributed by atoms with Crippen LogP contribution in [0, 0.1) is 6.92 Å². The average molecular weight is 779 g/mol. The fourth-order valence-electron chi connectivity index (χ4n) is 7.87. The number of carbonyl (C=O) groups is 3. The van der Waals surface area contributed by atoms with E-state index < -0.39 is 5.97 Å². The first-order valence-corrected chi connectivity index (χ1v) is 19.9. The molecule has 4 aliphatic rings. The molecule has 0 saturated carbocycles. The van der Waals surface area contributed by atoms with E-state index in [2.05, 4.69) is 36.2 Å². The molecule has 0 aromatic heterocycles. The lowest BCUT2D eigenvalue weighted by molar-refractivity contribution is 0.0695. The second kappa shape index (κ2) is 16.5. The molecule has 11 heteroatoms. The molecule has 0 bridgehead atoms. The van der Waals surface area contributed by atoms with Crippen molar-refractivity contribution in [1.82, 2.24) is 9.80 Å². The van der Waals surface area contributed by atoms with E-state index in [1.807, 2.05) is 31.6 Å². The van der Waals surface area contributed by atoms with Gasteiger partial charge in [-0.1, -0.05) is 56.2 Å². The molecule has 8 rings (SSSR count). The van der Waals surface area contributed by atoms with Crippen LogP contribution >= 0.6 is 0 Å². The second-order valence-electron chi connectivity index (χ2n) is 15.1. The van der Waals surface area contributed by atoms with Gasteiger partial charge in [0.15, 0.2) is 11.5 Å². The lowest BCUT2D eigenvalue weighted by Gasteiger charge is -2.19. The molecule has 296 valence electrons. The van der Waals surface area contributed by atoms with Gasteiger partial charge in [-0.05, 0) is 77.4 Å². The van der Waals surface area contributed by atoms with E-state index >= 15 is 0 Å². The zero-order valence-corrected chi connectivity index (χ0v) is 32.9. The third kappa shape index (κ3) is 7.76. The van der Waals surface area contributed by atoms with Crippen molar-refractivity contribution in [2.75, 3.05) is 20.3 Å². The summed E-state index contributed by atoms with van der Waals surface area (Å²) < 4.78 is 18.0. The number of ether oxygens (including phenoxy) is 3. The Hall–Kier alpha value is -6.49. The molecule has 0 aliphatic carbocycles. The Balaban J connectivity index is 0.876. The molecule has 1 N–H and O–H groups in total. The molecule has 2 amide bonds. The number of methoxy groups -OCH3 is 1. The van der Waals surface area contributed by atoms with Gasteiger partial charge in [0, 0.05) is 56.2 Å². The smallest absolute Gasteiger partial charge is 0.335 e. The third-order valence-electron chi connectivity index (χ3n) is 11.1. The van der Waals surface area contributed by atoms with Crippen molar-refractivity contribution in [2.24, 2.45) is 9.98 Å². The first-order chi connectivity index (χ1) is 28.2. The molecule has 0 radical (unpaired) electrons. The van der Waals surface area contributed by atoms with Gasteiger partial charge in [0.2, 0.25) is 0 Å². The van der Waals surface area contributed by atoms with Gasteiger partial charge < -0.3 is 29.1 Å². The topological polar surface area (TPSA) is 130 Å². The molecule has 4 aromatic carbocycles. The maximum atomic E-state index is 13.8. The van der Waals surface area contributed by atoms with Gasteiger partial charge in [-0.2, -0.15) is 0 Å². The van der Waals surface area contributed by atoms with Gasteiger partial charge in [0.25, 0.3) is 11.8 Å². The van der Waals surface area contributed by atoms with Crippen LogP contribution in [0.15, 0.2) is 95.2 Å². The quantitative estimate of drug-likeness (QED) is 0.126. The van der Waals surface area contributed by atoms with Crippen molar-refractivity contribution in [2.45, 2.75) is 70.9 Å². The number of amides is 2. The molecule has 0 fully saturated rings. The van der Waals surface area contributed by atoms with Gasteiger partial charge in [0.1, 0.15) is 5.75 Å². The van der Waals surface area contributed by atoms with Crippen molar-refractivity contribution in [3.8, 4) is 17.2 Å². The largest absolute Gasteiger partial charge is 0.493 e. The van der Waals surface area contributed by atoms with Crippen LogP contribution in [-0.4, -0.2) is 77.5 Å². The van der Waals surface area contributed by atoms with Crippen LogP contribution in [0.2, 0.25) is 0 Å². The average Bonchev–Trinajstić information content (AvgIpc) is 3.82. The van der Waals surface area contributed by atoms with Crippen LogP contribution in [0.1, 0.15) is 98.8 Å². The molecular weight excluding hydrogens is 733 g/mol. The summed E-state index contributed by atoms with van der Waals surface area (Å²) in [6, 6.07) is 22.0. The van der Waals surface area contributed by atoms with Crippen LogP contribution < -0.4 is 14.2 Å². The first-order valence-electron chi connectivity index (χ1n) is 19.9. The number of fused-ring (bicyclic) bond motifs is 4. The second-order valence-corrected chi connectivity index (χ2v) is 15.1. The van der Waals surface area contributed by atoms with Crippen LogP contribution in [0.25, 0.3) is 11.1 Å². The van der Waals surface area contributed by atoms with Crippen molar-refractivity contribution in [1.29, 1.82) is 0 Å². The van der Waals surface area contributed by atoms with Gasteiger partial charge >= 0.3 is 5.97 Å². The minimum atomic E-state index is -0.981. The Bertz CT molecular complexity index is 2380. The monoisotopic (exact) mass is 778 g/mol. The normalized spacial score (nSPS) is 17.8. The minimum Gasteiger partial charge on any atom is -0.493 e. The van der Waals surface area contributed by atoms with Gasteiger partial charge in [-0.3, -0.25) is 19.6 Å². The van der Waals surface area contributed by atoms with E-state index in [1.165, 1.54) is 24.8 Å². The molecule has 0 unspecified atom stereocenters. The highest BCUT2D eigenvalue weighted by Crippen LogP contribution is 2.41. The third-order valence-corrected chi connectivity index (χ3v) is 11.1. The van der Waals surface area contributed by atoms with Gasteiger partial charge in [-0.15, -0.1) is 0 Å². The number of aliphatic imine (C=N–C) groups is 2. The zero-order chi connectivity index (χ0) is 40.3. The molecule has 11 nitrogen and oxygen atoms in total. The molecule has 0 saturated heterocycles. The fourth-order valence-corrected chi connectivity index (χ4v) is 7.87. The number of nitrogens with zero attached hydrogens (tertiary/aromatic N) is 4. The first kappa shape index (κ1) is 38.4. The van der Waals surface area contributed by atoms with Crippen LogP contribution in [-0.2, 0) is 6.42 Å².